The zero-order valence-corrected chi connectivity index (χ0v) is 13.1. The summed E-state index contributed by atoms with van der Waals surface area (Å²) in [6.07, 6.45) is -0.217. The Morgan fingerprint density at radius 1 is 1.52 bits per heavy atom. The van der Waals surface area contributed by atoms with Crippen molar-refractivity contribution < 1.29 is 14.6 Å². The number of morpholine rings is 1. The maximum absolute atomic E-state index is 12.1. The monoisotopic (exact) mass is 312 g/mol. The molecule has 21 heavy (non-hydrogen) atoms. The number of carbonyl (C=O) groups excluding carboxylic acids is 1. The quantitative estimate of drug-likeness (QED) is 0.888. The number of carbonyl (C=O) groups is 1. The zero-order chi connectivity index (χ0) is 15.4. The van der Waals surface area contributed by atoms with E-state index in [0.29, 0.717) is 18.1 Å². The Hall–Kier alpha value is -1.14. The summed E-state index contributed by atoms with van der Waals surface area (Å²) in [6.45, 7) is 5.29. The normalized spacial score (nSPS) is 23.0. The van der Waals surface area contributed by atoms with Crippen LogP contribution in [0.5, 0.6) is 0 Å². The van der Waals surface area contributed by atoms with Crippen LogP contribution in [0.25, 0.3) is 0 Å². The molecule has 0 spiro atoms. The fraction of sp³-hybridized carbons (Fsp3) is 0.533. The van der Waals surface area contributed by atoms with Crippen LogP contribution < -0.4 is 5.32 Å². The molecule has 2 atom stereocenters. The van der Waals surface area contributed by atoms with Crippen molar-refractivity contribution in [1.82, 2.24) is 4.90 Å². The fourth-order valence-electron chi connectivity index (χ4n) is 2.51. The lowest BCUT2D eigenvalue weighted by atomic mass is 10.2. The molecule has 0 bridgehead atoms. The summed E-state index contributed by atoms with van der Waals surface area (Å²) in [5.41, 5.74) is 1.59. The molecule has 1 heterocycles. The minimum Gasteiger partial charge on any atom is -0.394 e. The maximum atomic E-state index is 12.1. The van der Waals surface area contributed by atoms with Gasteiger partial charge in [-0.1, -0.05) is 17.7 Å². The van der Waals surface area contributed by atoms with Crippen molar-refractivity contribution in [2.75, 3.05) is 31.6 Å². The highest BCUT2D eigenvalue weighted by molar-refractivity contribution is 6.31. The van der Waals surface area contributed by atoms with E-state index in [1.165, 1.54) is 0 Å². The number of nitrogens with one attached hydrogen (secondary N) is 1. The average molecular weight is 313 g/mol. The van der Waals surface area contributed by atoms with Crippen molar-refractivity contribution in [3.8, 4) is 0 Å². The number of anilines is 1. The average Bonchev–Trinajstić information content (AvgIpc) is 2.43. The highest BCUT2D eigenvalue weighted by atomic mass is 35.5. The molecule has 1 amide bonds. The molecule has 1 fully saturated rings. The van der Waals surface area contributed by atoms with E-state index >= 15 is 0 Å². The highest BCUT2D eigenvalue weighted by Crippen LogP contribution is 2.23. The topological polar surface area (TPSA) is 61.8 Å². The summed E-state index contributed by atoms with van der Waals surface area (Å²) in [7, 11) is 0. The summed E-state index contributed by atoms with van der Waals surface area (Å²) < 4.78 is 5.56. The largest absolute Gasteiger partial charge is 0.394 e. The molecular weight excluding hydrogens is 292 g/mol. The molecule has 1 aromatic rings. The van der Waals surface area contributed by atoms with Crippen LogP contribution >= 0.6 is 11.6 Å². The predicted molar refractivity (Wildman–Crippen MR) is 82.7 cm³/mol. The minimum atomic E-state index is -0.227. The van der Waals surface area contributed by atoms with Crippen LogP contribution in [0.4, 0.5) is 5.69 Å². The van der Waals surface area contributed by atoms with Gasteiger partial charge in [-0.05, 0) is 31.5 Å². The number of hydrogen-bond donors (Lipinski definition) is 2. The Balaban J connectivity index is 1.93. The first-order chi connectivity index (χ1) is 9.99. The van der Waals surface area contributed by atoms with Crippen molar-refractivity contribution in [3.05, 3.63) is 28.8 Å². The van der Waals surface area contributed by atoms with Gasteiger partial charge in [-0.2, -0.15) is 0 Å². The van der Waals surface area contributed by atoms with Gasteiger partial charge >= 0.3 is 0 Å². The number of ether oxygens (including phenoxy) is 1. The third-order valence-electron chi connectivity index (χ3n) is 3.51. The third kappa shape index (κ3) is 4.41. The lowest BCUT2D eigenvalue weighted by Crippen LogP contribution is -2.50. The Morgan fingerprint density at radius 3 is 3.00 bits per heavy atom. The van der Waals surface area contributed by atoms with Gasteiger partial charge < -0.3 is 15.2 Å². The van der Waals surface area contributed by atoms with Gasteiger partial charge in [-0.3, -0.25) is 9.69 Å². The van der Waals surface area contributed by atoms with Gasteiger partial charge in [0.2, 0.25) is 5.91 Å². The van der Waals surface area contributed by atoms with Crippen LogP contribution in [-0.2, 0) is 9.53 Å². The van der Waals surface area contributed by atoms with E-state index in [0.717, 1.165) is 11.3 Å². The number of aliphatic hydroxyl groups is 1. The van der Waals surface area contributed by atoms with E-state index in [-0.39, 0.29) is 31.3 Å². The smallest absolute Gasteiger partial charge is 0.238 e. The summed E-state index contributed by atoms with van der Waals surface area (Å²) in [6, 6.07) is 5.43. The van der Waals surface area contributed by atoms with E-state index < -0.39 is 0 Å². The van der Waals surface area contributed by atoms with E-state index in [4.69, 9.17) is 16.3 Å². The highest BCUT2D eigenvalue weighted by Gasteiger charge is 2.26. The number of rotatable bonds is 4. The summed E-state index contributed by atoms with van der Waals surface area (Å²) in [4.78, 5) is 14.1. The Kier molecular flexibility index (Phi) is 5.58. The molecule has 1 saturated heterocycles. The second-order valence-corrected chi connectivity index (χ2v) is 5.81. The van der Waals surface area contributed by atoms with Gasteiger partial charge in [0.1, 0.15) is 0 Å². The first kappa shape index (κ1) is 16.2. The SMILES string of the molecule is Cc1c(Cl)cccc1NC(=O)CN1CC(C)OC(CO)C1. The molecule has 0 aliphatic carbocycles. The number of amides is 1. The van der Waals surface area contributed by atoms with Crippen molar-refractivity contribution in [3.63, 3.8) is 0 Å². The number of nitrogens with zero attached hydrogens (tertiary/aromatic N) is 1. The van der Waals surface area contributed by atoms with Crippen molar-refractivity contribution in [2.45, 2.75) is 26.1 Å². The fourth-order valence-corrected chi connectivity index (χ4v) is 2.68. The van der Waals surface area contributed by atoms with Crippen LogP contribution in [0.2, 0.25) is 5.02 Å². The molecule has 2 unspecified atom stereocenters. The molecular formula is C15H21ClN2O3. The van der Waals surface area contributed by atoms with E-state index in [2.05, 4.69) is 5.32 Å². The van der Waals surface area contributed by atoms with Crippen LogP contribution in [0.15, 0.2) is 18.2 Å². The summed E-state index contributed by atoms with van der Waals surface area (Å²) >= 11 is 6.04. The van der Waals surface area contributed by atoms with E-state index in [9.17, 15) is 9.90 Å². The molecule has 116 valence electrons. The molecule has 1 aromatic carbocycles. The third-order valence-corrected chi connectivity index (χ3v) is 3.92. The lowest BCUT2D eigenvalue weighted by molar-refractivity contribution is -0.124. The number of halogens is 1. The van der Waals surface area contributed by atoms with Gasteiger partial charge in [-0.25, -0.2) is 0 Å². The van der Waals surface area contributed by atoms with Gasteiger partial charge in [0.15, 0.2) is 0 Å². The predicted octanol–water partition coefficient (Wildman–Crippen LogP) is 1.67. The molecule has 0 saturated carbocycles. The zero-order valence-electron chi connectivity index (χ0n) is 12.3. The first-order valence-electron chi connectivity index (χ1n) is 7.03. The first-order valence-corrected chi connectivity index (χ1v) is 7.41. The molecule has 2 N–H and O–H groups in total. The molecule has 6 heteroatoms. The van der Waals surface area contributed by atoms with E-state index in [1.54, 1.807) is 6.07 Å². The van der Waals surface area contributed by atoms with Crippen LogP contribution in [0, 0.1) is 6.92 Å². The number of benzene rings is 1. The molecule has 0 aromatic heterocycles. The van der Waals surface area contributed by atoms with Crippen LogP contribution in [-0.4, -0.2) is 54.4 Å². The molecule has 5 nitrogen and oxygen atoms in total. The summed E-state index contributed by atoms with van der Waals surface area (Å²) in [5, 5.41) is 12.7. The van der Waals surface area contributed by atoms with Crippen LogP contribution in [0.3, 0.4) is 0 Å². The van der Waals surface area contributed by atoms with Gasteiger partial charge in [0.25, 0.3) is 0 Å². The maximum Gasteiger partial charge on any atom is 0.238 e. The van der Waals surface area contributed by atoms with E-state index in [1.807, 2.05) is 30.9 Å². The lowest BCUT2D eigenvalue weighted by Gasteiger charge is -2.35. The second kappa shape index (κ2) is 7.22. The standard InChI is InChI=1S/C15H21ClN2O3/c1-10-6-18(7-12(9-19)21-10)8-15(20)17-14-5-3-4-13(16)11(14)2/h3-5,10,12,19H,6-9H2,1-2H3,(H,17,20). The Bertz CT molecular complexity index is 510. The Morgan fingerprint density at radius 2 is 2.29 bits per heavy atom. The number of aliphatic hydroxyl groups excluding tert-OH is 1. The van der Waals surface area contributed by atoms with Gasteiger partial charge in [0, 0.05) is 23.8 Å². The molecule has 0 radical (unpaired) electrons. The van der Waals surface area contributed by atoms with Crippen LogP contribution in [0.1, 0.15) is 12.5 Å². The molecule has 2 rings (SSSR count). The molecule has 1 aliphatic heterocycles. The van der Waals surface area contributed by atoms with Crippen molar-refractivity contribution >= 4 is 23.2 Å². The van der Waals surface area contributed by atoms with Crippen molar-refractivity contribution in [2.24, 2.45) is 0 Å². The molecule has 1 aliphatic rings. The Labute approximate surface area is 129 Å². The van der Waals surface area contributed by atoms with Crippen molar-refractivity contribution in [1.29, 1.82) is 0 Å². The second-order valence-electron chi connectivity index (χ2n) is 5.41. The number of hydrogen-bond acceptors (Lipinski definition) is 4. The minimum absolute atomic E-state index is 0.0107. The summed E-state index contributed by atoms with van der Waals surface area (Å²) in [5.74, 6) is -0.0915. The van der Waals surface area contributed by atoms with Gasteiger partial charge in [0.05, 0.1) is 25.4 Å². The van der Waals surface area contributed by atoms with Gasteiger partial charge in [-0.15, -0.1) is 0 Å².